The molecule has 0 bridgehead atoms. The molecule has 0 heterocycles. The fraction of sp³-hybridized carbons (Fsp3) is 0.967. The predicted octanol–water partition coefficient (Wildman–Crippen LogP) is 15.4. The quantitative estimate of drug-likeness (QED) is 0.183. The van der Waals surface area contributed by atoms with Gasteiger partial charge in [-0.05, 0) is 274 Å². The fourth-order valence-corrected chi connectivity index (χ4v) is 19.3. The van der Waals surface area contributed by atoms with E-state index in [4.69, 9.17) is 0 Å². The molecule has 370 valence electrons. The lowest BCUT2D eigenvalue weighted by molar-refractivity contribution is -0.148. The van der Waals surface area contributed by atoms with Crippen LogP contribution in [0.15, 0.2) is 11.6 Å². The van der Waals surface area contributed by atoms with Crippen molar-refractivity contribution in [3.8, 4) is 0 Å². The number of rotatable bonds is 8. The first kappa shape index (κ1) is 51.4. The Labute approximate surface area is 396 Å². The molecule has 10 rings (SSSR count). The zero-order valence-electron chi connectivity index (χ0n) is 44.3. The van der Waals surface area contributed by atoms with Crippen LogP contribution in [0.25, 0.3) is 0 Å². The van der Waals surface area contributed by atoms with Crippen molar-refractivity contribution in [1.82, 2.24) is 0 Å². The number of hydrogen-bond acceptors (Lipinski definition) is 4. The highest BCUT2D eigenvalue weighted by atomic mass is 16.3. The molecule has 0 aromatic rings. The molecule has 0 amide bonds. The van der Waals surface area contributed by atoms with Crippen molar-refractivity contribution in [2.24, 2.45) is 86.8 Å². The van der Waals surface area contributed by atoms with E-state index < -0.39 is 11.2 Å². The van der Waals surface area contributed by atoms with Gasteiger partial charge in [-0.1, -0.05) is 80.9 Å². The molecule has 0 saturated heterocycles. The molecule has 17 atom stereocenters. The maximum absolute atomic E-state index is 10.7. The van der Waals surface area contributed by atoms with Crippen molar-refractivity contribution in [1.29, 1.82) is 0 Å². The van der Waals surface area contributed by atoms with E-state index in [9.17, 15) is 20.4 Å². The van der Waals surface area contributed by atoms with Gasteiger partial charge in [0.25, 0.3) is 0 Å². The minimum atomic E-state index is -0.486. The molecule has 64 heavy (non-hydrogen) atoms. The van der Waals surface area contributed by atoms with Crippen LogP contribution in [0.5, 0.6) is 0 Å². The van der Waals surface area contributed by atoms with Gasteiger partial charge in [-0.2, -0.15) is 0 Å². The predicted molar refractivity (Wildman–Crippen MR) is 269 cm³/mol. The highest BCUT2D eigenvalue weighted by Crippen LogP contribution is 2.70. The Kier molecular flexibility index (Phi) is 15.3. The Morgan fingerprint density at radius 3 is 1.50 bits per heavy atom. The van der Waals surface area contributed by atoms with Gasteiger partial charge in [0.15, 0.2) is 0 Å². The van der Waals surface area contributed by atoms with Gasteiger partial charge >= 0.3 is 0 Å². The van der Waals surface area contributed by atoms with Gasteiger partial charge in [-0.3, -0.25) is 0 Å². The van der Waals surface area contributed by atoms with Gasteiger partial charge in [0, 0.05) is 0 Å². The zero-order valence-corrected chi connectivity index (χ0v) is 44.3. The Balaban J connectivity index is 0.000000178. The van der Waals surface area contributed by atoms with Gasteiger partial charge in [0.1, 0.15) is 0 Å². The summed E-state index contributed by atoms with van der Waals surface area (Å²) in [6, 6.07) is 0. The van der Waals surface area contributed by atoms with E-state index in [2.05, 4.69) is 54.5 Å². The summed E-state index contributed by atoms with van der Waals surface area (Å²) in [6.07, 6.45) is 35.4. The van der Waals surface area contributed by atoms with E-state index in [1.807, 2.05) is 34.6 Å². The molecule has 0 aromatic heterocycles. The van der Waals surface area contributed by atoms with Crippen molar-refractivity contribution >= 4 is 0 Å². The second kappa shape index (κ2) is 19.1. The summed E-state index contributed by atoms with van der Waals surface area (Å²) < 4.78 is 0. The standard InChI is InChI=1S/C28H48O2.C28H46O2.2C2H6/c2*1-19(10-15-28(30)12-5-13-28)22-8-9-23-21-7-6-20-18-25(2,29)16-17-26(20,3)24(21)11-14-27(22,23)4;2*1-2/h19-24,29-30H,5-18H2,1-4H3;6,19,21-24,29-30H,5,7-18H2,1-4H3;2*1-2H3/t19-,20+,21+,22-,23+,24+,25+,26+,27-;19-,21+,22-,23+,24+,25+,26+,27-;;/m11../s1. The average Bonchev–Trinajstić information content (AvgIpc) is 3.79. The van der Waals surface area contributed by atoms with Crippen LogP contribution >= 0.6 is 0 Å². The highest BCUT2D eigenvalue weighted by Gasteiger charge is 2.62. The monoisotopic (exact) mass is 891 g/mol. The van der Waals surface area contributed by atoms with Crippen LogP contribution in [-0.4, -0.2) is 42.8 Å². The van der Waals surface area contributed by atoms with Crippen LogP contribution in [0.3, 0.4) is 0 Å². The molecule has 0 spiro atoms. The molecule has 0 unspecified atom stereocenters. The van der Waals surface area contributed by atoms with Crippen LogP contribution in [0, 0.1) is 86.8 Å². The number of fused-ring (bicyclic) bond motifs is 10. The number of aliphatic hydroxyl groups is 4. The third-order valence-electron chi connectivity index (χ3n) is 23.6. The summed E-state index contributed by atoms with van der Waals surface area (Å²) in [5.74, 6) is 9.28. The Bertz CT molecular complexity index is 1590. The molecule has 9 fully saturated rings. The summed E-state index contributed by atoms with van der Waals surface area (Å²) >= 11 is 0. The smallest absolute Gasteiger partial charge is 0.0657 e. The Hall–Kier alpha value is -0.420. The Morgan fingerprint density at radius 1 is 0.500 bits per heavy atom. The van der Waals surface area contributed by atoms with Crippen molar-refractivity contribution in [2.45, 2.75) is 279 Å². The molecule has 0 aliphatic heterocycles. The normalized spacial score (nSPS) is 48.8. The first-order valence-electron chi connectivity index (χ1n) is 28.7. The number of allylic oxidation sites excluding steroid dienone is 1. The molecule has 0 aromatic carbocycles. The fourth-order valence-electron chi connectivity index (χ4n) is 19.3. The van der Waals surface area contributed by atoms with Gasteiger partial charge < -0.3 is 20.4 Å². The molecule has 4 nitrogen and oxygen atoms in total. The Morgan fingerprint density at radius 2 is 0.984 bits per heavy atom. The van der Waals surface area contributed by atoms with Crippen molar-refractivity contribution < 1.29 is 20.4 Å². The highest BCUT2D eigenvalue weighted by molar-refractivity contribution is 5.27. The maximum atomic E-state index is 10.7. The van der Waals surface area contributed by atoms with E-state index in [1.54, 1.807) is 5.57 Å². The molecule has 4 N–H and O–H groups in total. The lowest BCUT2D eigenvalue weighted by atomic mass is 9.43. The molecule has 10 aliphatic rings. The van der Waals surface area contributed by atoms with E-state index in [1.165, 1.54) is 109 Å². The second-order valence-electron chi connectivity index (χ2n) is 26.9. The molecular formula is C60H106O4. The minimum absolute atomic E-state index is 0.306. The first-order valence-corrected chi connectivity index (χ1v) is 28.7. The van der Waals surface area contributed by atoms with Crippen LogP contribution in [-0.2, 0) is 0 Å². The van der Waals surface area contributed by atoms with Crippen molar-refractivity contribution in [3.63, 3.8) is 0 Å². The molecule has 10 aliphatic carbocycles. The van der Waals surface area contributed by atoms with Gasteiger partial charge in [-0.15, -0.1) is 0 Å². The number of hydrogen-bond donors (Lipinski definition) is 4. The third-order valence-corrected chi connectivity index (χ3v) is 23.6. The van der Waals surface area contributed by atoms with E-state index in [0.29, 0.717) is 21.7 Å². The summed E-state index contributed by atoms with van der Waals surface area (Å²) in [5, 5.41) is 42.6. The van der Waals surface area contributed by atoms with Crippen molar-refractivity contribution in [2.75, 3.05) is 0 Å². The molecule has 0 radical (unpaired) electrons. The largest absolute Gasteiger partial charge is 0.390 e. The molecule has 4 heteroatoms. The average molecular weight is 892 g/mol. The third kappa shape index (κ3) is 9.34. The molecule has 9 saturated carbocycles. The van der Waals surface area contributed by atoms with Crippen molar-refractivity contribution in [3.05, 3.63) is 11.6 Å². The second-order valence-corrected chi connectivity index (χ2v) is 26.9. The summed E-state index contributed by atoms with van der Waals surface area (Å²) in [5.41, 5.74) is 1.91. The maximum Gasteiger partial charge on any atom is 0.0657 e. The lowest BCUT2D eigenvalue weighted by Gasteiger charge is -2.62. The summed E-state index contributed by atoms with van der Waals surface area (Å²) in [6.45, 7) is 27.6. The van der Waals surface area contributed by atoms with E-state index in [0.717, 1.165) is 129 Å². The van der Waals surface area contributed by atoms with Gasteiger partial charge in [-0.25, -0.2) is 0 Å². The lowest BCUT2D eigenvalue weighted by Crippen LogP contribution is -2.55. The minimum Gasteiger partial charge on any atom is -0.390 e. The van der Waals surface area contributed by atoms with E-state index in [-0.39, 0.29) is 11.2 Å². The van der Waals surface area contributed by atoms with Crippen LogP contribution in [0.1, 0.15) is 256 Å². The van der Waals surface area contributed by atoms with Gasteiger partial charge in [0.2, 0.25) is 0 Å². The van der Waals surface area contributed by atoms with E-state index >= 15 is 0 Å². The van der Waals surface area contributed by atoms with Gasteiger partial charge in [0.05, 0.1) is 22.4 Å². The zero-order chi connectivity index (χ0) is 46.7. The summed E-state index contributed by atoms with van der Waals surface area (Å²) in [4.78, 5) is 0. The van der Waals surface area contributed by atoms with Crippen LogP contribution < -0.4 is 0 Å². The van der Waals surface area contributed by atoms with Crippen LogP contribution in [0.2, 0.25) is 0 Å². The summed E-state index contributed by atoms with van der Waals surface area (Å²) in [7, 11) is 0. The SMILES string of the molecule is CC.CC.C[C@H](CCC1(O)CCC1)[C@H]1CC[C@H]2[C@@H]3CC=C4C[C@@](C)(O)CC[C@]4(C)[C@H]3CC[C@]12C.C[C@H](CCC1(O)CCC1)[C@H]1CC[C@H]2[C@@H]3CC[C@H]4C[C@@](C)(O)CC[C@]4(C)[C@H]3CC[C@]12C. The topological polar surface area (TPSA) is 80.9 Å². The first-order chi connectivity index (χ1) is 30.1. The molecular weight excluding hydrogens is 785 g/mol. The van der Waals surface area contributed by atoms with Crippen LogP contribution in [0.4, 0.5) is 0 Å².